The van der Waals surface area contributed by atoms with Crippen LogP contribution in [0.2, 0.25) is 0 Å². The van der Waals surface area contributed by atoms with Crippen LogP contribution in [0, 0.1) is 0 Å². The van der Waals surface area contributed by atoms with Crippen molar-refractivity contribution in [1.82, 2.24) is 9.80 Å². The highest BCUT2D eigenvalue weighted by Gasteiger charge is 2.18. The quantitative estimate of drug-likeness (QED) is 0.155. The number of carboxylic acids is 1. The minimum absolute atomic E-state index is 0.111. The lowest BCUT2D eigenvalue weighted by Crippen LogP contribution is -2.32. The highest BCUT2D eigenvalue weighted by molar-refractivity contribution is 5.95. The van der Waals surface area contributed by atoms with E-state index >= 15 is 0 Å². The molecule has 0 aliphatic heterocycles. The van der Waals surface area contributed by atoms with Crippen molar-refractivity contribution in [3.05, 3.63) is 150 Å². The number of hydrogen-bond acceptors (Lipinski definition) is 4. The molecule has 0 unspecified atom stereocenters. The maximum atomic E-state index is 13.6. The second-order valence-corrected chi connectivity index (χ2v) is 10.6. The number of hydrogen-bond donors (Lipinski definition) is 1. The van der Waals surface area contributed by atoms with E-state index in [1.165, 1.54) is 11.1 Å². The molecule has 1 N–H and O–H groups in total. The summed E-state index contributed by atoms with van der Waals surface area (Å²) in [6.45, 7) is 3.18. The van der Waals surface area contributed by atoms with Crippen LogP contribution in [0.25, 0.3) is 10.8 Å². The topological polar surface area (TPSA) is 70.1 Å². The minimum Gasteiger partial charge on any atom is -0.492 e. The van der Waals surface area contributed by atoms with Crippen molar-refractivity contribution in [2.24, 2.45) is 0 Å². The van der Waals surface area contributed by atoms with Crippen LogP contribution in [0.15, 0.2) is 127 Å². The molecule has 6 nitrogen and oxygen atoms in total. The van der Waals surface area contributed by atoms with Crippen LogP contribution in [0.1, 0.15) is 33.5 Å². The molecule has 0 saturated carbocycles. The van der Waals surface area contributed by atoms with Crippen LogP contribution in [0.3, 0.4) is 0 Å². The van der Waals surface area contributed by atoms with Crippen LogP contribution in [-0.2, 0) is 24.4 Å². The summed E-state index contributed by atoms with van der Waals surface area (Å²) in [5, 5.41) is 11.5. The molecule has 0 saturated heterocycles. The van der Waals surface area contributed by atoms with Gasteiger partial charge in [0, 0.05) is 38.3 Å². The van der Waals surface area contributed by atoms with Crippen molar-refractivity contribution in [1.29, 1.82) is 0 Å². The number of amides is 1. The Bertz CT molecular complexity index is 1600. The number of carboxylic acid groups (broad SMARTS) is 1. The number of ether oxygens (including phenoxy) is 1. The van der Waals surface area contributed by atoms with Crippen molar-refractivity contribution in [3.63, 3.8) is 0 Å². The van der Waals surface area contributed by atoms with E-state index < -0.39 is 5.97 Å². The van der Waals surface area contributed by atoms with Gasteiger partial charge >= 0.3 is 5.97 Å². The predicted molar refractivity (Wildman–Crippen MR) is 170 cm³/mol. The van der Waals surface area contributed by atoms with Gasteiger partial charge in [-0.15, -0.1) is 0 Å². The van der Waals surface area contributed by atoms with E-state index in [4.69, 9.17) is 4.74 Å². The monoisotopic (exact) mass is 572 g/mol. The second kappa shape index (κ2) is 14.8. The first-order chi connectivity index (χ1) is 21.0. The lowest BCUT2D eigenvalue weighted by Gasteiger charge is -2.24. The SMILES string of the molecule is O=C(O)CCN(Cc1ccc2ccccc2c1)C(=O)c1cccc(OCCN(Cc2ccccc2)Cc2ccccc2)c1. The Morgan fingerprint density at radius 2 is 1.26 bits per heavy atom. The zero-order valence-electron chi connectivity index (χ0n) is 24.1. The summed E-state index contributed by atoms with van der Waals surface area (Å²) in [6, 6.07) is 42.0. The predicted octanol–water partition coefficient (Wildman–Crippen LogP) is 7.04. The van der Waals surface area contributed by atoms with Crippen molar-refractivity contribution in [2.45, 2.75) is 26.1 Å². The number of benzene rings is 5. The van der Waals surface area contributed by atoms with E-state index in [0.717, 1.165) is 29.4 Å². The summed E-state index contributed by atoms with van der Waals surface area (Å²) in [7, 11) is 0. The molecule has 43 heavy (non-hydrogen) atoms. The lowest BCUT2D eigenvalue weighted by molar-refractivity contribution is -0.137. The van der Waals surface area contributed by atoms with Crippen LogP contribution in [0.5, 0.6) is 5.75 Å². The third-order valence-corrected chi connectivity index (χ3v) is 7.33. The maximum absolute atomic E-state index is 13.6. The molecule has 0 aliphatic rings. The van der Waals surface area contributed by atoms with Gasteiger partial charge in [-0.25, -0.2) is 0 Å². The molecule has 5 rings (SSSR count). The van der Waals surface area contributed by atoms with E-state index in [9.17, 15) is 14.7 Å². The number of carbonyl (C=O) groups excluding carboxylic acids is 1. The van der Waals surface area contributed by atoms with Crippen LogP contribution < -0.4 is 4.74 Å². The molecule has 0 bridgehead atoms. The normalized spacial score (nSPS) is 11.0. The number of carbonyl (C=O) groups is 2. The molecule has 0 radical (unpaired) electrons. The fourth-order valence-corrected chi connectivity index (χ4v) is 5.13. The molecule has 0 aromatic heterocycles. The summed E-state index contributed by atoms with van der Waals surface area (Å²) >= 11 is 0. The van der Waals surface area contributed by atoms with E-state index in [1.54, 1.807) is 23.1 Å². The molecule has 0 spiro atoms. The van der Waals surface area contributed by atoms with Gasteiger partial charge in [-0.1, -0.05) is 103 Å². The first kappa shape index (κ1) is 29.5. The van der Waals surface area contributed by atoms with Gasteiger partial charge in [0.15, 0.2) is 0 Å². The van der Waals surface area contributed by atoms with Crippen molar-refractivity contribution < 1.29 is 19.4 Å². The highest BCUT2D eigenvalue weighted by atomic mass is 16.5. The average molecular weight is 573 g/mol. The van der Waals surface area contributed by atoms with Gasteiger partial charge in [-0.05, 0) is 51.7 Å². The zero-order chi connectivity index (χ0) is 29.9. The summed E-state index contributed by atoms with van der Waals surface area (Å²) < 4.78 is 6.14. The lowest BCUT2D eigenvalue weighted by atomic mass is 10.1. The van der Waals surface area contributed by atoms with Crippen LogP contribution in [0.4, 0.5) is 0 Å². The van der Waals surface area contributed by atoms with Gasteiger partial charge in [0.1, 0.15) is 12.4 Å². The smallest absolute Gasteiger partial charge is 0.305 e. The number of nitrogens with zero attached hydrogens (tertiary/aromatic N) is 2. The highest BCUT2D eigenvalue weighted by Crippen LogP contribution is 2.20. The fraction of sp³-hybridized carbons (Fsp3) is 0.189. The summed E-state index contributed by atoms with van der Waals surface area (Å²) in [5.74, 6) is -0.562. The Labute approximate surface area is 252 Å². The van der Waals surface area contributed by atoms with Gasteiger partial charge < -0.3 is 14.7 Å². The van der Waals surface area contributed by atoms with Crippen LogP contribution >= 0.6 is 0 Å². The third-order valence-electron chi connectivity index (χ3n) is 7.33. The van der Waals surface area contributed by atoms with Crippen molar-refractivity contribution in [3.8, 4) is 5.75 Å². The van der Waals surface area contributed by atoms with E-state index in [-0.39, 0.29) is 18.9 Å². The van der Waals surface area contributed by atoms with Crippen LogP contribution in [-0.4, -0.2) is 46.5 Å². The molecular formula is C37H36N2O4. The molecule has 0 heterocycles. The summed E-state index contributed by atoms with van der Waals surface area (Å²) in [4.78, 5) is 29.0. The van der Waals surface area contributed by atoms with Gasteiger partial charge in [-0.3, -0.25) is 14.5 Å². The maximum Gasteiger partial charge on any atom is 0.305 e. The Hall–Kier alpha value is -4.94. The van der Waals surface area contributed by atoms with Gasteiger partial charge in [0.2, 0.25) is 0 Å². The molecule has 218 valence electrons. The second-order valence-electron chi connectivity index (χ2n) is 10.6. The molecular weight excluding hydrogens is 536 g/mol. The Morgan fingerprint density at radius 3 is 1.93 bits per heavy atom. The first-order valence-electron chi connectivity index (χ1n) is 14.6. The molecule has 5 aromatic rings. The van der Waals surface area contributed by atoms with Crippen molar-refractivity contribution >= 4 is 22.6 Å². The fourth-order valence-electron chi connectivity index (χ4n) is 5.13. The van der Waals surface area contributed by atoms with E-state index in [2.05, 4.69) is 53.4 Å². The number of rotatable bonds is 14. The largest absolute Gasteiger partial charge is 0.492 e. The summed E-state index contributed by atoms with van der Waals surface area (Å²) in [5.41, 5.74) is 3.88. The Balaban J connectivity index is 1.25. The van der Waals surface area contributed by atoms with Crippen molar-refractivity contribution in [2.75, 3.05) is 19.7 Å². The number of aliphatic carboxylic acids is 1. The standard InChI is InChI=1S/C37H36N2O4/c40-36(41)20-21-39(28-31-18-19-32-14-7-8-15-33(32)24-31)37(42)34-16-9-17-35(25-34)43-23-22-38(26-29-10-3-1-4-11-29)27-30-12-5-2-6-13-30/h1-19,24-25H,20-23,26-28H2,(H,40,41). The van der Waals surface area contributed by atoms with E-state index in [1.807, 2.05) is 60.7 Å². The Kier molecular flexibility index (Phi) is 10.2. The molecule has 0 aliphatic carbocycles. The van der Waals surface area contributed by atoms with Gasteiger partial charge in [0.25, 0.3) is 5.91 Å². The minimum atomic E-state index is -0.941. The Morgan fingerprint density at radius 1 is 0.605 bits per heavy atom. The average Bonchev–Trinajstić information content (AvgIpc) is 3.03. The molecule has 0 atom stereocenters. The molecule has 6 heteroatoms. The summed E-state index contributed by atoms with van der Waals surface area (Å²) in [6.07, 6.45) is -0.131. The first-order valence-corrected chi connectivity index (χ1v) is 14.6. The van der Waals surface area contributed by atoms with Gasteiger partial charge in [0.05, 0.1) is 6.42 Å². The third kappa shape index (κ3) is 8.77. The molecule has 0 fully saturated rings. The van der Waals surface area contributed by atoms with E-state index in [0.29, 0.717) is 31.0 Å². The zero-order valence-corrected chi connectivity index (χ0v) is 24.1. The number of fused-ring (bicyclic) bond motifs is 1. The molecule has 5 aromatic carbocycles. The van der Waals surface area contributed by atoms with Gasteiger partial charge in [-0.2, -0.15) is 0 Å². The molecule has 1 amide bonds.